The van der Waals surface area contributed by atoms with Gasteiger partial charge in [-0.15, -0.1) is 0 Å². The van der Waals surface area contributed by atoms with Crippen LogP contribution in [0.15, 0.2) is 29.2 Å². The van der Waals surface area contributed by atoms with Gasteiger partial charge in [-0.1, -0.05) is 19.4 Å². The Morgan fingerprint density at radius 1 is 1.22 bits per heavy atom. The van der Waals surface area contributed by atoms with Gasteiger partial charge >= 0.3 is 10.2 Å². The Bertz CT molecular complexity index is 712. The predicted molar refractivity (Wildman–Crippen MR) is 74.2 cm³/mol. The second kappa shape index (κ2) is 4.08. The number of nitrogens with one attached hydrogen (secondary N) is 1. The van der Waals surface area contributed by atoms with Crippen LogP contribution in [0.1, 0.15) is 6.42 Å². The lowest BCUT2D eigenvalue weighted by molar-refractivity contribution is -0.120. The van der Waals surface area contributed by atoms with Crippen LogP contribution >= 0.6 is 10.2 Å². The molecule has 1 heterocycles. The maximum Gasteiger partial charge on any atom is 0.310 e. The van der Waals surface area contributed by atoms with E-state index < -0.39 is 27.1 Å². The average Bonchev–Trinajstić information content (AvgIpc) is 3.07. The van der Waals surface area contributed by atoms with Crippen molar-refractivity contribution >= 4 is 21.8 Å². The first-order chi connectivity index (χ1) is 10.4. The van der Waals surface area contributed by atoms with Gasteiger partial charge < -0.3 is 5.32 Å². The van der Waals surface area contributed by atoms with Gasteiger partial charge in [0.05, 0.1) is 0 Å². The molecule has 2 fully saturated rings. The van der Waals surface area contributed by atoms with Gasteiger partial charge in [-0.3, -0.25) is 9.69 Å². The molecule has 23 heavy (non-hydrogen) atoms. The molecule has 3 rings (SSSR count). The molecule has 4 nitrogen and oxygen atoms in total. The molecular weight excluding hydrogens is 341 g/mol. The molecule has 0 spiro atoms. The van der Waals surface area contributed by atoms with Crippen LogP contribution in [-0.2, 0) is 4.79 Å². The third-order valence-corrected chi connectivity index (χ3v) is 5.28. The zero-order chi connectivity index (χ0) is 17.1. The third-order valence-electron chi connectivity index (χ3n) is 4.11. The van der Waals surface area contributed by atoms with Gasteiger partial charge in [-0.2, -0.15) is 5.26 Å². The SMILES string of the molecule is N#CN1C[C@H]2C[C@H]2[C@@H]1C(=O)Nc1ccc(S(F)(F)(F)(F)F)cc1. The number of benzene rings is 1. The molecule has 1 aliphatic carbocycles. The fourth-order valence-electron chi connectivity index (χ4n) is 2.92. The molecule has 1 saturated carbocycles. The van der Waals surface area contributed by atoms with Crippen LogP contribution in [0.4, 0.5) is 25.1 Å². The zero-order valence-electron chi connectivity index (χ0n) is 11.6. The van der Waals surface area contributed by atoms with E-state index in [1.807, 2.05) is 6.19 Å². The number of nitriles is 1. The second-order valence-electron chi connectivity index (χ2n) is 5.84. The molecule has 3 atom stereocenters. The van der Waals surface area contributed by atoms with E-state index in [0.29, 0.717) is 12.5 Å². The van der Waals surface area contributed by atoms with Crippen molar-refractivity contribution in [2.75, 3.05) is 11.9 Å². The highest BCUT2D eigenvalue weighted by atomic mass is 32.5. The van der Waals surface area contributed by atoms with Gasteiger partial charge in [0.25, 0.3) is 0 Å². The standard InChI is InChI=1S/C13H12F5N3OS/c14-23(15,16,17,18)10-3-1-9(2-4-10)20-13(22)12-11-5-8(11)6-21(12)7-19/h1-4,8,11-12H,5-6H2,(H,20,22)/t8-,11-,12-/m1/s1. The van der Waals surface area contributed by atoms with Crippen molar-refractivity contribution in [3.63, 3.8) is 0 Å². The summed E-state index contributed by atoms with van der Waals surface area (Å²) in [6.07, 6.45) is 2.74. The Hall–Kier alpha value is -2.02. The summed E-state index contributed by atoms with van der Waals surface area (Å²) in [5, 5.41) is 11.3. The lowest BCUT2D eigenvalue weighted by Crippen LogP contribution is -2.39. The Morgan fingerprint density at radius 3 is 2.35 bits per heavy atom. The summed E-state index contributed by atoms with van der Waals surface area (Å²) in [6, 6.07) is 1.39. The van der Waals surface area contributed by atoms with E-state index in [4.69, 9.17) is 5.26 Å². The normalized spacial score (nSPS) is 29.0. The Balaban J connectivity index is 1.75. The number of carbonyl (C=O) groups is 1. The number of fused-ring (bicyclic) bond motifs is 1. The number of halogens is 5. The second-order valence-corrected chi connectivity index (χ2v) is 8.25. The van der Waals surface area contributed by atoms with Crippen molar-refractivity contribution in [3.8, 4) is 6.19 Å². The Morgan fingerprint density at radius 2 is 1.83 bits per heavy atom. The fraction of sp³-hybridized carbons (Fsp3) is 0.385. The van der Waals surface area contributed by atoms with E-state index in [9.17, 15) is 24.2 Å². The lowest BCUT2D eigenvalue weighted by atomic mass is 10.1. The van der Waals surface area contributed by atoms with Crippen molar-refractivity contribution in [2.45, 2.75) is 17.4 Å². The van der Waals surface area contributed by atoms with Crippen LogP contribution in [0.25, 0.3) is 0 Å². The molecular formula is C13H12F5N3OS. The highest BCUT2D eigenvalue weighted by molar-refractivity contribution is 8.45. The van der Waals surface area contributed by atoms with E-state index in [0.717, 1.165) is 18.6 Å². The Kier molecular flexibility index (Phi) is 2.82. The van der Waals surface area contributed by atoms with Crippen molar-refractivity contribution < 1.29 is 24.2 Å². The van der Waals surface area contributed by atoms with Gasteiger partial charge in [0, 0.05) is 12.2 Å². The molecule has 0 aromatic heterocycles. The molecule has 0 unspecified atom stereocenters. The molecule has 0 radical (unpaired) electrons. The van der Waals surface area contributed by atoms with Crippen LogP contribution < -0.4 is 5.32 Å². The minimum atomic E-state index is -9.71. The first-order valence-corrected chi connectivity index (χ1v) is 8.65. The Labute approximate surface area is 128 Å². The highest BCUT2D eigenvalue weighted by Crippen LogP contribution is 3.02. The highest BCUT2D eigenvalue weighted by Gasteiger charge is 2.65. The summed E-state index contributed by atoms with van der Waals surface area (Å²) in [7, 11) is -9.71. The number of carbonyl (C=O) groups excluding carboxylic acids is 1. The number of nitrogens with zero attached hydrogens (tertiary/aromatic N) is 2. The quantitative estimate of drug-likeness (QED) is 0.658. The largest absolute Gasteiger partial charge is 0.324 e. The monoisotopic (exact) mass is 353 g/mol. The summed E-state index contributed by atoms with van der Waals surface area (Å²) in [5.74, 6) is -0.156. The first-order valence-electron chi connectivity index (χ1n) is 6.70. The molecule has 1 N–H and O–H groups in total. The smallest absolute Gasteiger partial charge is 0.310 e. The zero-order valence-corrected chi connectivity index (χ0v) is 12.4. The van der Waals surface area contributed by atoms with Gasteiger partial charge in [-0.25, -0.2) is 0 Å². The van der Waals surface area contributed by atoms with E-state index in [1.165, 1.54) is 4.90 Å². The molecule has 1 saturated heterocycles. The summed E-state index contributed by atoms with van der Waals surface area (Å²) in [4.78, 5) is 11.5. The number of likely N-dealkylation sites (tertiary alicyclic amines) is 1. The number of rotatable bonds is 3. The minimum absolute atomic E-state index is 0.0254. The van der Waals surface area contributed by atoms with Crippen LogP contribution in [0, 0.1) is 23.3 Å². The van der Waals surface area contributed by atoms with Crippen LogP contribution in [-0.4, -0.2) is 23.4 Å². The van der Waals surface area contributed by atoms with Crippen molar-refractivity contribution in [3.05, 3.63) is 24.3 Å². The molecule has 2 aliphatic rings. The van der Waals surface area contributed by atoms with E-state index >= 15 is 0 Å². The third kappa shape index (κ3) is 3.06. The number of amides is 1. The topological polar surface area (TPSA) is 56.1 Å². The van der Waals surface area contributed by atoms with Crippen LogP contribution in [0.3, 0.4) is 0 Å². The van der Waals surface area contributed by atoms with E-state index in [-0.39, 0.29) is 23.7 Å². The molecule has 1 aromatic carbocycles. The molecule has 1 amide bonds. The first kappa shape index (κ1) is 15.9. The minimum Gasteiger partial charge on any atom is -0.324 e. The molecule has 1 aliphatic heterocycles. The summed E-state index contributed by atoms with van der Waals surface area (Å²) in [5.41, 5.74) is -0.0254. The van der Waals surface area contributed by atoms with Crippen molar-refractivity contribution in [2.24, 2.45) is 11.8 Å². The maximum absolute atomic E-state index is 12.6. The maximum atomic E-state index is 12.6. The summed E-state index contributed by atoms with van der Waals surface area (Å²) in [6.45, 7) is 0.488. The lowest BCUT2D eigenvalue weighted by Gasteiger charge is -2.40. The van der Waals surface area contributed by atoms with E-state index in [1.54, 1.807) is 0 Å². The number of piperidine rings is 1. The van der Waals surface area contributed by atoms with Crippen LogP contribution in [0.5, 0.6) is 0 Å². The van der Waals surface area contributed by atoms with Crippen molar-refractivity contribution in [1.82, 2.24) is 4.90 Å². The molecule has 126 valence electrons. The molecule has 10 heteroatoms. The number of hydrogen-bond acceptors (Lipinski definition) is 3. The summed E-state index contributed by atoms with van der Waals surface area (Å²) >= 11 is 0. The molecule has 0 bridgehead atoms. The van der Waals surface area contributed by atoms with Crippen molar-refractivity contribution in [1.29, 1.82) is 5.26 Å². The fourth-order valence-corrected chi connectivity index (χ4v) is 3.57. The number of anilines is 1. The van der Waals surface area contributed by atoms with Gasteiger partial charge in [0.1, 0.15) is 10.9 Å². The average molecular weight is 353 g/mol. The van der Waals surface area contributed by atoms with Crippen LogP contribution in [0.2, 0.25) is 0 Å². The number of hydrogen-bond donors (Lipinski definition) is 1. The van der Waals surface area contributed by atoms with Gasteiger partial charge in [-0.05, 0) is 42.5 Å². The van der Waals surface area contributed by atoms with Gasteiger partial charge in [0.2, 0.25) is 5.91 Å². The van der Waals surface area contributed by atoms with E-state index in [2.05, 4.69) is 5.32 Å². The van der Waals surface area contributed by atoms with Gasteiger partial charge in [0.15, 0.2) is 6.19 Å². The summed E-state index contributed by atoms with van der Waals surface area (Å²) < 4.78 is 63.1. The molecule has 1 aromatic rings. The predicted octanol–water partition coefficient (Wildman–Crippen LogP) is 4.08.